The molecule has 0 N–H and O–H groups in total. The third-order valence-electron chi connectivity index (χ3n) is 6.47. The smallest absolute Gasteiger partial charge is 0.163 e. The van der Waals surface area contributed by atoms with Crippen LogP contribution in [0.3, 0.4) is 0 Å². The Bertz CT molecular complexity index is 1390. The number of carbonyl (C=O) groups excluding carboxylic acids is 1. The molecule has 0 saturated carbocycles. The molecule has 5 rings (SSSR count). The lowest BCUT2D eigenvalue weighted by atomic mass is 9.87. The minimum Gasteiger partial charge on any atom is -0.360 e. The molecule has 0 radical (unpaired) electrons. The second-order valence-electron chi connectivity index (χ2n) is 10.1. The molecule has 0 fully saturated rings. The van der Waals surface area contributed by atoms with E-state index in [0.29, 0.717) is 0 Å². The van der Waals surface area contributed by atoms with E-state index in [4.69, 9.17) is 9.72 Å². The van der Waals surface area contributed by atoms with Crippen LogP contribution in [0, 0.1) is 6.92 Å². The first kappa shape index (κ1) is 22.2. The molecule has 0 spiro atoms. The number of carbonyl (C=O) groups is 1. The summed E-state index contributed by atoms with van der Waals surface area (Å²) in [5.41, 5.74) is 5.98. The lowest BCUT2D eigenvalue weighted by Gasteiger charge is -2.29. The summed E-state index contributed by atoms with van der Waals surface area (Å²) in [6.07, 6.45) is 5.81. The number of hydrogen-bond donors (Lipinski definition) is 0. The van der Waals surface area contributed by atoms with Gasteiger partial charge < -0.3 is 4.74 Å². The van der Waals surface area contributed by atoms with Gasteiger partial charge in [-0.15, -0.1) is 11.3 Å². The van der Waals surface area contributed by atoms with E-state index in [1.54, 1.807) is 6.92 Å². The predicted octanol–water partition coefficient (Wildman–Crippen LogP) is 6.48. The zero-order valence-corrected chi connectivity index (χ0v) is 21.1. The van der Waals surface area contributed by atoms with Gasteiger partial charge in [0.15, 0.2) is 5.78 Å². The van der Waals surface area contributed by atoms with Crippen molar-refractivity contribution in [2.45, 2.75) is 72.0 Å². The Morgan fingerprint density at radius 1 is 1.21 bits per heavy atom. The van der Waals surface area contributed by atoms with Crippen molar-refractivity contribution < 1.29 is 9.53 Å². The van der Waals surface area contributed by atoms with Crippen LogP contribution in [-0.4, -0.2) is 26.1 Å². The van der Waals surface area contributed by atoms with E-state index in [9.17, 15) is 4.79 Å². The third-order valence-corrected chi connectivity index (χ3v) is 7.66. The molecule has 0 bridgehead atoms. The molecule has 5 nitrogen and oxygen atoms in total. The van der Waals surface area contributed by atoms with Crippen molar-refractivity contribution in [2.75, 3.05) is 0 Å². The van der Waals surface area contributed by atoms with Gasteiger partial charge in [0.25, 0.3) is 0 Å². The quantitative estimate of drug-likeness (QED) is 0.349. The molecule has 172 valence electrons. The number of Topliss-reactive ketones (excluding diaryl/α,β-unsaturated/α-hetero) is 1. The zero-order chi connectivity index (χ0) is 23.5. The maximum absolute atomic E-state index is 13.0. The second-order valence-corrected chi connectivity index (χ2v) is 11.2. The molecule has 3 aromatic heterocycles. The summed E-state index contributed by atoms with van der Waals surface area (Å²) in [5, 5.41) is 6.74. The van der Waals surface area contributed by atoms with Crippen LogP contribution in [0.4, 0.5) is 0 Å². The van der Waals surface area contributed by atoms with Crippen LogP contribution < -0.4 is 0 Å². The van der Waals surface area contributed by atoms with Gasteiger partial charge in [0.1, 0.15) is 10.9 Å². The minimum absolute atomic E-state index is 0.00105. The van der Waals surface area contributed by atoms with Crippen LogP contribution in [0.1, 0.15) is 68.3 Å². The first-order valence-electron chi connectivity index (χ1n) is 11.7. The lowest BCUT2D eigenvalue weighted by Crippen LogP contribution is -2.27. The normalized spacial score (nSPS) is 15.2. The molecular weight excluding hydrogens is 430 g/mol. The summed E-state index contributed by atoms with van der Waals surface area (Å²) in [5.74, 6) is 0.00105. The summed E-state index contributed by atoms with van der Waals surface area (Å²) in [4.78, 5) is 20.5. The summed E-state index contributed by atoms with van der Waals surface area (Å²) >= 11 is 1.82. The fraction of sp³-hybridized carbons (Fsp3) is 0.444. The number of rotatable bonds is 4. The molecule has 0 aliphatic heterocycles. The number of aromatic nitrogens is 3. The van der Waals surface area contributed by atoms with Crippen molar-refractivity contribution >= 4 is 38.2 Å². The van der Waals surface area contributed by atoms with Gasteiger partial charge in [-0.3, -0.25) is 9.48 Å². The van der Waals surface area contributed by atoms with Crippen molar-refractivity contribution in [1.82, 2.24) is 14.8 Å². The summed E-state index contributed by atoms with van der Waals surface area (Å²) in [6, 6.07) is 6.47. The molecule has 33 heavy (non-hydrogen) atoms. The number of pyridine rings is 1. The highest BCUT2D eigenvalue weighted by atomic mass is 32.1. The number of fused-ring (bicyclic) bond motifs is 4. The number of ether oxygens (including phenoxy) is 1. The molecule has 1 aliphatic rings. The van der Waals surface area contributed by atoms with Crippen LogP contribution in [-0.2, 0) is 29.4 Å². The third kappa shape index (κ3) is 3.89. The predicted molar refractivity (Wildman–Crippen MR) is 135 cm³/mol. The summed E-state index contributed by atoms with van der Waals surface area (Å²) < 4.78 is 8.29. The maximum atomic E-state index is 13.0. The lowest BCUT2D eigenvalue weighted by molar-refractivity contribution is -0.138. The Labute approximate surface area is 198 Å². The van der Waals surface area contributed by atoms with E-state index in [0.717, 1.165) is 51.0 Å². The highest BCUT2D eigenvalue weighted by Gasteiger charge is 2.32. The van der Waals surface area contributed by atoms with Gasteiger partial charge >= 0.3 is 0 Å². The van der Waals surface area contributed by atoms with Crippen LogP contribution in [0.2, 0.25) is 0 Å². The van der Waals surface area contributed by atoms with E-state index in [2.05, 4.69) is 23.3 Å². The van der Waals surface area contributed by atoms with Crippen LogP contribution in [0.15, 0.2) is 24.4 Å². The number of benzene rings is 1. The molecule has 6 heteroatoms. The molecule has 0 unspecified atom stereocenters. The molecule has 1 aliphatic carbocycles. The van der Waals surface area contributed by atoms with Gasteiger partial charge in [-0.1, -0.05) is 12.1 Å². The second kappa shape index (κ2) is 8.03. The first-order chi connectivity index (χ1) is 15.6. The summed E-state index contributed by atoms with van der Waals surface area (Å²) in [6.45, 7) is 9.63. The SMILES string of the molecule is CC(=O)[C@@H](OC(C)(C)C)c1c(C)nc2sc3c(c2c1-c1ccc2cnn(C)c2c1)CCCC3. The van der Waals surface area contributed by atoms with Crippen LogP contribution >= 0.6 is 11.3 Å². The maximum Gasteiger partial charge on any atom is 0.163 e. The molecular formula is C27H31N3O2S. The Balaban J connectivity index is 1.88. The molecule has 0 saturated heterocycles. The van der Waals surface area contributed by atoms with Crippen molar-refractivity contribution in [3.8, 4) is 11.1 Å². The van der Waals surface area contributed by atoms with Crippen molar-refractivity contribution in [3.05, 3.63) is 46.1 Å². The van der Waals surface area contributed by atoms with Crippen LogP contribution in [0.5, 0.6) is 0 Å². The van der Waals surface area contributed by atoms with Gasteiger partial charge in [-0.2, -0.15) is 5.10 Å². The summed E-state index contributed by atoms with van der Waals surface area (Å²) in [7, 11) is 1.97. The standard InChI is InChI=1S/C27H31N3O2S/c1-15-22(25(16(2)31)32-27(3,4)5)23(17-11-12-18-14-28-30(6)20(18)13-17)24-19-9-7-8-10-21(19)33-26(24)29-15/h11-14,25H,7-10H2,1-6H3/t25-/m1/s1. The monoisotopic (exact) mass is 461 g/mol. The Morgan fingerprint density at radius 2 is 1.97 bits per heavy atom. The fourth-order valence-corrected chi connectivity index (χ4v) is 6.35. The van der Waals surface area contributed by atoms with Crippen molar-refractivity contribution in [3.63, 3.8) is 0 Å². The Kier molecular flexibility index (Phi) is 5.41. The number of ketones is 1. The number of hydrogen-bond acceptors (Lipinski definition) is 5. The average Bonchev–Trinajstić information content (AvgIpc) is 3.30. The van der Waals surface area contributed by atoms with E-state index in [1.165, 1.54) is 28.7 Å². The first-order valence-corrected chi connectivity index (χ1v) is 12.5. The number of aryl methyl sites for hydroxylation is 4. The molecule has 3 heterocycles. The van der Waals surface area contributed by atoms with E-state index >= 15 is 0 Å². The Hall–Kier alpha value is -2.57. The van der Waals surface area contributed by atoms with Crippen molar-refractivity contribution in [2.24, 2.45) is 7.05 Å². The molecule has 1 aromatic carbocycles. The number of thiophene rings is 1. The van der Waals surface area contributed by atoms with E-state index in [1.807, 2.05) is 57.0 Å². The largest absolute Gasteiger partial charge is 0.360 e. The zero-order valence-electron chi connectivity index (χ0n) is 20.3. The molecule has 0 amide bonds. The highest BCUT2D eigenvalue weighted by molar-refractivity contribution is 7.19. The van der Waals surface area contributed by atoms with E-state index in [-0.39, 0.29) is 5.78 Å². The van der Waals surface area contributed by atoms with Gasteiger partial charge in [-0.05, 0) is 77.5 Å². The molecule has 4 aromatic rings. The van der Waals surface area contributed by atoms with Crippen molar-refractivity contribution in [1.29, 1.82) is 0 Å². The van der Waals surface area contributed by atoms with Gasteiger partial charge in [-0.25, -0.2) is 4.98 Å². The number of nitrogens with zero attached hydrogens (tertiary/aromatic N) is 3. The molecule has 1 atom stereocenters. The average molecular weight is 462 g/mol. The van der Waals surface area contributed by atoms with Gasteiger partial charge in [0, 0.05) is 39.5 Å². The van der Waals surface area contributed by atoms with E-state index < -0.39 is 11.7 Å². The topological polar surface area (TPSA) is 57.0 Å². The Morgan fingerprint density at radius 3 is 2.70 bits per heavy atom. The minimum atomic E-state index is -0.668. The van der Waals surface area contributed by atoms with Crippen LogP contribution in [0.25, 0.3) is 32.2 Å². The fourth-order valence-electron chi connectivity index (χ4n) is 5.04. The van der Waals surface area contributed by atoms with Gasteiger partial charge in [0.05, 0.1) is 17.3 Å². The highest BCUT2D eigenvalue weighted by Crippen LogP contribution is 2.46. The van der Waals surface area contributed by atoms with Gasteiger partial charge in [0.2, 0.25) is 0 Å².